The Morgan fingerprint density at radius 1 is 1.14 bits per heavy atom. The molecule has 1 unspecified atom stereocenters. The lowest BCUT2D eigenvalue weighted by Crippen LogP contribution is -2.41. The lowest BCUT2D eigenvalue weighted by atomic mass is 10.1. The van der Waals surface area contributed by atoms with Crippen molar-refractivity contribution in [2.45, 2.75) is 33.4 Å². The first-order valence-corrected chi connectivity index (χ1v) is 9.64. The maximum absolute atomic E-state index is 14.4. The van der Waals surface area contributed by atoms with Crippen LogP contribution in [0.5, 0.6) is 5.75 Å². The summed E-state index contributed by atoms with van der Waals surface area (Å²) in [6, 6.07) is 15.3. The number of halogens is 2. The zero-order chi connectivity index (χ0) is 21.0. The molecule has 0 aliphatic rings. The molecule has 0 radical (unpaired) electrons. The summed E-state index contributed by atoms with van der Waals surface area (Å²) in [7, 11) is 0. The third-order valence-corrected chi connectivity index (χ3v) is 5.13. The molecule has 4 nitrogen and oxygen atoms in total. The number of anilines is 1. The lowest BCUT2D eigenvalue weighted by Gasteiger charge is -2.26. The third kappa shape index (κ3) is 4.74. The second-order valence-corrected chi connectivity index (χ2v) is 7.18. The van der Waals surface area contributed by atoms with E-state index in [1.807, 2.05) is 32.0 Å². The first-order valence-electron chi connectivity index (χ1n) is 9.26. The molecule has 3 rings (SSSR count). The van der Waals surface area contributed by atoms with Crippen LogP contribution in [0.3, 0.4) is 0 Å². The van der Waals surface area contributed by atoms with Gasteiger partial charge in [0.25, 0.3) is 5.91 Å². The predicted octanol–water partition coefficient (Wildman–Crippen LogP) is 5.49. The average Bonchev–Trinajstić information content (AvgIpc) is 2.71. The highest BCUT2D eigenvalue weighted by atomic mass is 35.5. The van der Waals surface area contributed by atoms with Crippen molar-refractivity contribution < 1.29 is 13.9 Å². The predicted molar refractivity (Wildman–Crippen MR) is 113 cm³/mol. The highest BCUT2D eigenvalue weighted by Crippen LogP contribution is 2.26. The molecule has 6 heteroatoms. The summed E-state index contributed by atoms with van der Waals surface area (Å²) in [6.07, 6.45) is 0.775. The van der Waals surface area contributed by atoms with E-state index in [0.29, 0.717) is 11.6 Å². The summed E-state index contributed by atoms with van der Waals surface area (Å²) in [5.41, 5.74) is 2.27. The van der Waals surface area contributed by atoms with Crippen LogP contribution >= 0.6 is 11.6 Å². The minimum atomic E-state index is -0.803. The Bertz CT molecular complexity index is 991. The number of aryl methyl sites for hydroxylation is 1. The monoisotopic (exact) mass is 412 g/mol. The fourth-order valence-electron chi connectivity index (χ4n) is 2.94. The van der Waals surface area contributed by atoms with Gasteiger partial charge in [0.05, 0.1) is 6.54 Å². The summed E-state index contributed by atoms with van der Waals surface area (Å²) >= 11 is 6.18. The number of hydrogen-bond acceptors (Lipinski definition) is 3. The third-order valence-electron chi connectivity index (χ3n) is 4.78. The minimum Gasteiger partial charge on any atom is -0.481 e. The summed E-state index contributed by atoms with van der Waals surface area (Å²) in [5.74, 6) is 0.210. The molecule has 0 aliphatic carbocycles. The first kappa shape index (κ1) is 20.8. The van der Waals surface area contributed by atoms with Crippen LogP contribution in [0, 0.1) is 19.7 Å². The van der Waals surface area contributed by atoms with Crippen molar-refractivity contribution in [3.63, 3.8) is 0 Å². The van der Waals surface area contributed by atoms with Gasteiger partial charge in [-0.1, -0.05) is 35.9 Å². The van der Waals surface area contributed by atoms with Crippen molar-refractivity contribution in [2.24, 2.45) is 0 Å². The van der Waals surface area contributed by atoms with Gasteiger partial charge in [-0.15, -0.1) is 0 Å². The Kier molecular flexibility index (Phi) is 6.49. The van der Waals surface area contributed by atoms with Crippen molar-refractivity contribution in [1.82, 2.24) is 4.98 Å². The molecule has 0 saturated heterocycles. The summed E-state index contributed by atoms with van der Waals surface area (Å²) < 4.78 is 20.3. The van der Waals surface area contributed by atoms with Gasteiger partial charge in [0, 0.05) is 16.8 Å². The normalized spacial score (nSPS) is 11.8. The van der Waals surface area contributed by atoms with Crippen LogP contribution in [0.15, 0.2) is 60.8 Å². The number of aromatic nitrogens is 1. The van der Waals surface area contributed by atoms with E-state index in [9.17, 15) is 9.18 Å². The second-order valence-electron chi connectivity index (χ2n) is 6.77. The van der Waals surface area contributed by atoms with Gasteiger partial charge in [0.1, 0.15) is 17.4 Å². The van der Waals surface area contributed by atoms with E-state index >= 15 is 0 Å². The van der Waals surface area contributed by atoms with E-state index in [1.165, 1.54) is 17.0 Å². The molecule has 0 bridgehead atoms. The number of ether oxygens (including phenoxy) is 1. The van der Waals surface area contributed by atoms with Crippen molar-refractivity contribution in [2.75, 3.05) is 4.90 Å². The van der Waals surface area contributed by atoms with E-state index in [1.54, 1.807) is 37.4 Å². The first-order chi connectivity index (χ1) is 13.9. The molecule has 0 N–H and O–H groups in total. The van der Waals surface area contributed by atoms with Gasteiger partial charge in [-0.3, -0.25) is 9.69 Å². The number of hydrogen-bond donors (Lipinski definition) is 0. The lowest BCUT2D eigenvalue weighted by molar-refractivity contribution is -0.124. The van der Waals surface area contributed by atoms with Gasteiger partial charge >= 0.3 is 0 Å². The van der Waals surface area contributed by atoms with Gasteiger partial charge in [-0.25, -0.2) is 9.37 Å². The molecule has 1 aromatic heterocycles. The van der Waals surface area contributed by atoms with E-state index in [4.69, 9.17) is 16.3 Å². The van der Waals surface area contributed by atoms with E-state index < -0.39 is 11.9 Å². The number of rotatable bonds is 6. The molecule has 1 heterocycles. The summed E-state index contributed by atoms with van der Waals surface area (Å²) in [6.45, 7) is 5.54. The Hall–Kier alpha value is -2.92. The van der Waals surface area contributed by atoms with Gasteiger partial charge in [-0.2, -0.15) is 0 Å². The Balaban J connectivity index is 1.91. The SMILES string of the molecule is Cc1cccc(OC(C)C(=O)N(Cc2c(F)cccc2Cl)c2ccccn2)c1C. The second kappa shape index (κ2) is 9.05. The van der Waals surface area contributed by atoms with Crippen molar-refractivity contribution in [3.8, 4) is 5.75 Å². The number of pyridine rings is 1. The smallest absolute Gasteiger partial charge is 0.269 e. The Morgan fingerprint density at radius 2 is 1.90 bits per heavy atom. The quantitative estimate of drug-likeness (QED) is 0.537. The van der Waals surface area contributed by atoms with Crippen molar-refractivity contribution in [3.05, 3.63) is 88.3 Å². The zero-order valence-corrected chi connectivity index (χ0v) is 17.3. The fraction of sp³-hybridized carbons (Fsp3) is 0.217. The maximum Gasteiger partial charge on any atom is 0.269 e. The average molecular weight is 413 g/mol. The molecule has 1 atom stereocenters. The molecule has 0 fully saturated rings. The van der Waals surface area contributed by atoms with Crippen LogP contribution in [0.4, 0.5) is 10.2 Å². The van der Waals surface area contributed by atoms with E-state index in [0.717, 1.165) is 11.1 Å². The van der Waals surface area contributed by atoms with E-state index in [2.05, 4.69) is 4.98 Å². The van der Waals surface area contributed by atoms with Crippen molar-refractivity contribution >= 4 is 23.3 Å². The molecule has 3 aromatic rings. The standard InChI is InChI=1S/C23H22ClFN2O2/c1-15-8-6-11-21(16(15)2)29-17(3)23(28)27(22-12-4-5-13-26-22)14-18-19(24)9-7-10-20(18)25/h4-13,17H,14H2,1-3H3. The fourth-order valence-corrected chi connectivity index (χ4v) is 3.16. The van der Waals surface area contributed by atoms with Crippen LogP contribution in [0.2, 0.25) is 5.02 Å². The topological polar surface area (TPSA) is 42.4 Å². The maximum atomic E-state index is 14.4. The molecule has 2 aromatic carbocycles. The molecular weight excluding hydrogens is 391 g/mol. The number of amides is 1. The van der Waals surface area contributed by atoms with E-state index in [-0.39, 0.29) is 23.0 Å². The summed E-state index contributed by atoms with van der Waals surface area (Å²) in [4.78, 5) is 18.9. The molecule has 0 saturated carbocycles. The Morgan fingerprint density at radius 3 is 2.59 bits per heavy atom. The number of carbonyl (C=O) groups excluding carboxylic acids is 1. The van der Waals surface area contributed by atoms with Gasteiger partial charge < -0.3 is 4.74 Å². The van der Waals surface area contributed by atoms with Crippen LogP contribution < -0.4 is 9.64 Å². The molecule has 29 heavy (non-hydrogen) atoms. The van der Waals surface area contributed by atoms with Gasteiger partial charge in [-0.05, 0) is 62.2 Å². The van der Waals surface area contributed by atoms with Gasteiger partial charge in [0.2, 0.25) is 0 Å². The molecule has 0 aliphatic heterocycles. The van der Waals surface area contributed by atoms with Crippen molar-refractivity contribution in [1.29, 1.82) is 0 Å². The molecular formula is C23H22ClFN2O2. The van der Waals surface area contributed by atoms with Gasteiger partial charge in [0.15, 0.2) is 6.10 Å². The molecule has 150 valence electrons. The largest absolute Gasteiger partial charge is 0.481 e. The van der Waals surface area contributed by atoms with Crippen LogP contribution in [0.1, 0.15) is 23.6 Å². The van der Waals surface area contributed by atoms with Crippen LogP contribution in [-0.4, -0.2) is 17.0 Å². The van der Waals surface area contributed by atoms with Crippen LogP contribution in [-0.2, 0) is 11.3 Å². The molecule has 1 amide bonds. The minimum absolute atomic E-state index is 0.0537. The Labute approximate surface area is 174 Å². The summed E-state index contributed by atoms with van der Waals surface area (Å²) in [5, 5.41) is 0.252. The zero-order valence-electron chi connectivity index (χ0n) is 16.5. The number of carbonyl (C=O) groups is 1. The van der Waals surface area contributed by atoms with Crippen LogP contribution in [0.25, 0.3) is 0 Å². The highest BCUT2D eigenvalue weighted by Gasteiger charge is 2.26. The number of nitrogens with zero attached hydrogens (tertiary/aromatic N) is 2. The highest BCUT2D eigenvalue weighted by molar-refractivity contribution is 6.31. The molecule has 0 spiro atoms. The number of benzene rings is 2.